The molecule has 4 rings (SSSR count). The van der Waals surface area contributed by atoms with E-state index in [1.807, 2.05) is 6.92 Å². The monoisotopic (exact) mass is 426 g/mol. The second-order valence-electron chi connectivity index (χ2n) is 8.06. The lowest BCUT2D eigenvalue weighted by molar-refractivity contribution is 0.599. The molecule has 2 N–H and O–H groups in total. The number of hydrogen-bond donors (Lipinski definition) is 2. The highest BCUT2D eigenvalue weighted by Crippen LogP contribution is 2.28. The van der Waals surface area contributed by atoms with Crippen molar-refractivity contribution in [1.82, 2.24) is 10.6 Å². The Bertz CT molecular complexity index is 1000. The second kappa shape index (κ2) is 9.08. The van der Waals surface area contributed by atoms with Crippen molar-refractivity contribution in [3.63, 3.8) is 0 Å². The van der Waals surface area contributed by atoms with Gasteiger partial charge in [-0.2, -0.15) is 0 Å². The number of para-hydroxylation sites is 1. The van der Waals surface area contributed by atoms with Gasteiger partial charge >= 0.3 is 0 Å². The Kier molecular flexibility index (Phi) is 6.27. The molecule has 1 fully saturated rings. The summed E-state index contributed by atoms with van der Waals surface area (Å²) in [7, 11) is -2.91. The van der Waals surface area contributed by atoms with Gasteiger partial charge in [0.05, 0.1) is 18.1 Å². The Morgan fingerprint density at radius 1 is 1.13 bits per heavy atom. The van der Waals surface area contributed by atoms with E-state index in [1.54, 1.807) is 0 Å². The lowest BCUT2D eigenvalue weighted by Crippen LogP contribution is -2.44. The fourth-order valence-electron chi connectivity index (χ4n) is 4.13. The minimum absolute atomic E-state index is 0.0569. The molecule has 0 aliphatic carbocycles. The normalized spacial score (nSPS) is 20.2. The maximum Gasteiger partial charge on any atom is 0.191 e. The number of nitrogens with one attached hydrogen (secondary N) is 2. The molecule has 0 radical (unpaired) electrons. The summed E-state index contributed by atoms with van der Waals surface area (Å²) in [6.45, 7) is 5.29. The third-order valence-corrected chi connectivity index (χ3v) is 7.48. The van der Waals surface area contributed by atoms with Gasteiger partial charge in [-0.25, -0.2) is 13.4 Å². The van der Waals surface area contributed by atoms with Crippen molar-refractivity contribution >= 4 is 21.5 Å². The predicted octanol–water partition coefficient (Wildman–Crippen LogP) is 2.49. The standard InChI is InChI=1S/C23H30N4O2S/c1-2-24-23(26-21-12-14-30(28,29)17-21)25-15-18-7-9-19(10-8-18)16-27-13-11-20-5-3-4-6-22(20)27/h3-10,21H,2,11-17H2,1H3,(H2,24,25,26). The Morgan fingerprint density at radius 3 is 2.63 bits per heavy atom. The van der Waals surface area contributed by atoms with Gasteiger partial charge in [-0.05, 0) is 42.5 Å². The van der Waals surface area contributed by atoms with Gasteiger partial charge in [0.25, 0.3) is 0 Å². The molecule has 160 valence electrons. The molecule has 7 heteroatoms. The molecular weight excluding hydrogens is 396 g/mol. The number of sulfone groups is 1. The lowest BCUT2D eigenvalue weighted by atomic mass is 10.1. The number of nitrogens with zero attached hydrogens (tertiary/aromatic N) is 2. The number of anilines is 1. The Hall–Kier alpha value is -2.54. The van der Waals surface area contributed by atoms with E-state index in [0.717, 1.165) is 31.6 Å². The number of aliphatic imine (C=N–C) groups is 1. The van der Waals surface area contributed by atoms with Crippen LogP contribution in [0.1, 0.15) is 30.0 Å². The minimum Gasteiger partial charge on any atom is -0.367 e. The van der Waals surface area contributed by atoms with E-state index in [0.29, 0.717) is 18.9 Å². The number of fused-ring (bicyclic) bond motifs is 1. The number of benzene rings is 2. The zero-order valence-corrected chi connectivity index (χ0v) is 18.3. The number of rotatable bonds is 6. The molecule has 30 heavy (non-hydrogen) atoms. The van der Waals surface area contributed by atoms with Crippen molar-refractivity contribution < 1.29 is 8.42 Å². The fourth-order valence-corrected chi connectivity index (χ4v) is 5.81. The van der Waals surface area contributed by atoms with Gasteiger partial charge in [-0.3, -0.25) is 0 Å². The van der Waals surface area contributed by atoms with E-state index in [2.05, 4.69) is 69.1 Å². The molecule has 0 bridgehead atoms. The molecule has 2 aromatic carbocycles. The summed E-state index contributed by atoms with van der Waals surface area (Å²) in [6.07, 6.45) is 1.76. The molecule has 2 aliphatic heterocycles. The first kappa shape index (κ1) is 20.7. The van der Waals surface area contributed by atoms with Crippen LogP contribution < -0.4 is 15.5 Å². The van der Waals surface area contributed by atoms with Crippen LogP contribution in [0.2, 0.25) is 0 Å². The lowest BCUT2D eigenvalue weighted by Gasteiger charge is -2.19. The molecule has 0 amide bonds. The largest absolute Gasteiger partial charge is 0.367 e. The summed E-state index contributed by atoms with van der Waals surface area (Å²) in [5, 5.41) is 6.48. The summed E-state index contributed by atoms with van der Waals surface area (Å²) in [6, 6.07) is 17.2. The van der Waals surface area contributed by atoms with Gasteiger partial charge < -0.3 is 15.5 Å². The van der Waals surface area contributed by atoms with E-state index in [9.17, 15) is 8.42 Å². The van der Waals surface area contributed by atoms with Crippen LogP contribution >= 0.6 is 0 Å². The van der Waals surface area contributed by atoms with Gasteiger partial charge in [-0.15, -0.1) is 0 Å². The van der Waals surface area contributed by atoms with E-state index in [4.69, 9.17) is 0 Å². The zero-order chi connectivity index (χ0) is 21.0. The van der Waals surface area contributed by atoms with Crippen molar-refractivity contribution in [2.24, 2.45) is 4.99 Å². The van der Waals surface area contributed by atoms with E-state index < -0.39 is 9.84 Å². The molecule has 2 heterocycles. The summed E-state index contributed by atoms with van der Waals surface area (Å²) in [4.78, 5) is 7.08. The summed E-state index contributed by atoms with van der Waals surface area (Å²) >= 11 is 0. The molecule has 1 saturated heterocycles. The van der Waals surface area contributed by atoms with Crippen LogP contribution in [-0.4, -0.2) is 45.0 Å². The van der Waals surface area contributed by atoms with Crippen LogP contribution in [0, 0.1) is 0 Å². The van der Waals surface area contributed by atoms with Crippen LogP contribution in [0.15, 0.2) is 53.5 Å². The SMILES string of the molecule is CCNC(=NCc1ccc(CN2CCc3ccccc32)cc1)NC1CCS(=O)(=O)C1. The first-order chi connectivity index (χ1) is 14.5. The smallest absolute Gasteiger partial charge is 0.191 e. The van der Waals surface area contributed by atoms with E-state index >= 15 is 0 Å². The second-order valence-corrected chi connectivity index (χ2v) is 10.3. The number of hydrogen-bond acceptors (Lipinski definition) is 4. The number of guanidine groups is 1. The van der Waals surface area contributed by atoms with Crippen LogP contribution in [0.4, 0.5) is 5.69 Å². The first-order valence-corrected chi connectivity index (χ1v) is 12.5. The summed E-state index contributed by atoms with van der Waals surface area (Å²) < 4.78 is 23.4. The topological polar surface area (TPSA) is 73.8 Å². The van der Waals surface area contributed by atoms with Crippen molar-refractivity contribution in [2.45, 2.75) is 38.9 Å². The van der Waals surface area contributed by atoms with Crippen molar-refractivity contribution in [3.8, 4) is 0 Å². The van der Waals surface area contributed by atoms with Crippen LogP contribution in [0.5, 0.6) is 0 Å². The van der Waals surface area contributed by atoms with Crippen molar-refractivity contribution in [1.29, 1.82) is 0 Å². The minimum atomic E-state index is -2.91. The average molecular weight is 427 g/mol. The fraction of sp³-hybridized carbons (Fsp3) is 0.435. The first-order valence-electron chi connectivity index (χ1n) is 10.7. The van der Waals surface area contributed by atoms with Crippen molar-refractivity contribution in [3.05, 3.63) is 65.2 Å². The molecule has 0 saturated carbocycles. The maximum absolute atomic E-state index is 11.7. The van der Waals surface area contributed by atoms with E-state index in [-0.39, 0.29) is 17.5 Å². The molecule has 1 atom stereocenters. The third kappa shape index (κ3) is 5.14. The molecule has 2 aliphatic rings. The van der Waals surface area contributed by atoms with Crippen LogP contribution in [-0.2, 0) is 29.3 Å². The van der Waals surface area contributed by atoms with Gasteiger partial charge in [0.1, 0.15) is 0 Å². The van der Waals surface area contributed by atoms with Gasteiger partial charge in [0, 0.05) is 31.4 Å². The van der Waals surface area contributed by atoms with E-state index in [1.165, 1.54) is 16.8 Å². The molecule has 6 nitrogen and oxygen atoms in total. The highest BCUT2D eigenvalue weighted by molar-refractivity contribution is 7.91. The van der Waals surface area contributed by atoms with Gasteiger partial charge in [0.2, 0.25) is 0 Å². The highest BCUT2D eigenvalue weighted by Gasteiger charge is 2.28. The third-order valence-electron chi connectivity index (χ3n) is 5.72. The van der Waals surface area contributed by atoms with Crippen molar-refractivity contribution in [2.75, 3.05) is 29.5 Å². The Labute approximate surface area is 179 Å². The Morgan fingerprint density at radius 2 is 1.90 bits per heavy atom. The Balaban J connectivity index is 1.35. The maximum atomic E-state index is 11.7. The molecule has 2 aromatic rings. The predicted molar refractivity (Wildman–Crippen MR) is 123 cm³/mol. The summed E-state index contributed by atoms with van der Waals surface area (Å²) in [5.74, 6) is 1.12. The molecule has 1 unspecified atom stereocenters. The zero-order valence-electron chi connectivity index (χ0n) is 17.5. The average Bonchev–Trinajstić information content (AvgIpc) is 3.30. The quantitative estimate of drug-likeness (QED) is 0.548. The molecule has 0 spiro atoms. The summed E-state index contributed by atoms with van der Waals surface area (Å²) in [5.41, 5.74) is 5.21. The highest BCUT2D eigenvalue weighted by atomic mass is 32.2. The van der Waals surface area contributed by atoms with Crippen LogP contribution in [0.25, 0.3) is 0 Å². The molecule has 0 aromatic heterocycles. The van der Waals surface area contributed by atoms with Gasteiger partial charge in [-0.1, -0.05) is 42.5 Å². The van der Waals surface area contributed by atoms with Gasteiger partial charge in [0.15, 0.2) is 15.8 Å². The molecular formula is C23H30N4O2S. The van der Waals surface area contributed by atoms with Crippen LogP contribution in [0.3, 0.4) is 0 Å².